The lowest BCUT2D eigenvalue weighted by Gasteiger charge is -2.30. The third-order valence-electron chi connectivity index (χ3n) is 4.00. The van der Waals surface area contributed by atoms with Crippen LogP contribution in [-0.4, -0.2) is 42.7 Å². The number of rotatable bonds is 6. The van der Waals surface area contributed by atoms with Crippen LogP contribution in [-0.2, 0) is 14.3 Å². The molecular formula is C17H22ClNO3S. The Balaban J connectivity index is 1.64. The minimum Gasteiger partial charge on any atom is -0.469 e. The van der Waals surface area contributed by atoms with Crippen molar-refractivity contribution in [2.45, 2.75) is 30.6 Å². The van der Waals surface area contributed by atoms with Gasteiger partial charge in [0.25, 0.3) is 0 Å². The Kier molecular flexibility index (Phi) is 7.24. The SMILES string of the molecule is COC(=O)C1CCN(C(=O)CCCSc2ccc(Cl)cc2)CC1. The molecule has 4 nitrogen and oxygen atoms in total. The number of benzene rings is 1. The number of methoxy groups -OCH3 is 1. The fraction of sp³-hybridized carbons (Fsp3) is 0.529. The average Bonchev–Trinajstić information content (AvgIpc) is 2.59. The van der Waals surface area contributed by atoms with Gasteiger partial charge in [0.05, 0.1) is 13.0 Å². The van der Waals surface area contributed by atoms with Crippen LogP contribution in [0.4, 0.5) is 0 Å². The zero-order valence-corrected chi connectivity index (χ0v) is 14.9. The third-order valence-corrected chi connectivity index (χ3v) is 5.35. The van der Waals surface area contributed by atoms with Gasteiger partial charge in [-0.1, -0.05) is 11.6 Å². The minimum absolute atomic E-state index is 0.0514. The lowest BCUT2D eigenvalue weighted by molar-refractivity contribution is -0.148. The highest BCUT2D eigenvalue weighted by atomic mass is 35.5. The maximum Gasteiger partial charge on any atom is 0.308 e. The quantitative estimate of drug-likeness (QED) is 0.444. The van der Waals surface area contributed by atoms with Gasteiger partial charge in [-0.2, -0.15) is 0 Å². The highest BCUT2D eigenvalue weighted by Crippen LogP contribution is 2.22. The Morgan fingerprint density at radius 2 is 1.91 bits per heavy atom. The summed E-state index contributed by atoms with van der Waals surface area (Å²) >= 11 is 7.59. The molecule has 2 rings (SSSR count). The van der Waals surface area contributed by atoms with Gasteiger partial charge in [0.2, 0.25) is 5.91 Å². The smallest absolute Gasteiger partial charge is 0.308 e. The van der Waals surface area contributed by atoms with E-state index < -0.39 is 0 Å². The summed E-state index contributed by atoms with van der Waals surface area (Å²) in [5, 5.41) is 0.736. The lowest BCUT2D eigenvalue weighted by Crippen LogP contribution is -2.40. The second kappa shape index (κ2) is 9.18. The Hall–Kier alpha value is -1.20. The molecule has 6 heteroatoms. The van der Waals surface area contributed by atoms with Crippen LogP contribution in [0.5, 0.6) is 0 Å². The van der Waals surface area contributed by atoms with Crippen molar-refractivity contribution in [2.24, 2.45) is 5.92 Å². The molecule has 0 saturated carbocycles. The van der Waals surface area contributed by atoms with Crippen molar-refractivity contribution in [3.05, 3.63) is 29.3 Å². The van der Waals surface area contributed by atoms with Gasteiger partial charge in [-0.3, -0.25) is 9.59 Å². The van der Waals surface area contributed by atoms with Gasteiger partial charge in [-0.15, -0.1) is 11.8 Å². The number of likely N-dealkylation sites (tertiary alicyclic amines) is 1. The summed E-state index contributed by atoms with van der Waals surface area (Å²) in [5.41, 5.74) is 0. The number of piperidine rings is 1. The van der Waals surface area contributed by atoms with Crippen LogP contribution in [0.3, 0.4) is 0 Å². The van der Waals surface area contributed by atoms with Crippen LogP contribution in [0, 0.1) is 5.92 Å². The predicted octanol–water partition coefficient (Wildman–Crippen LogP) is 3.62. The van der Waals surface area contributed by atoms with Crippen molar-refractivity contribution in [2.75, 3.05) is 26.0 Å². The van der Waals surface area contributed by atoms with Crippen molar-refractivity contribution in [3.8, 4) is 0 Å². The number of hydrogen-bond donors (Lipinski definition) is 0. The van der Waals surface area contributed by atoms with Crippen molar-refractivity contribution in [1.82, 2.24) is 4.90 Å². The largest absolute Gasteiger partial charge is 0.469 e. The lowest BCUT2D eigenvalue weighted by atomic mass is 9.97. The summed E-state index contributed by atoms with van der Waals surface area (Å²) in [6.07, 6.45) is 2.82. The maximum absolute atomic E-state index is 12.2. The van der Waals surface area contributed by atoms with E-state index in [0.717, 1.165) is 17.2 Å². The molecule has 23 heavy (non-hydrogen) atoms. The van der Waals surface area contributed by atoms with Crippen LogP contribution < -0.4 is 0 Å². The van der Waals surface area contributed by atoms with Crippen molar-refractivity contribution < 1.29 is 14.3 Å². The summed E-state index contributed by atoms with van der Waals surface area (Å²) in [6, 6.07) is 7.74. The zero-order valence-electron chi connectivity index (χ0n) is 13.3. The summed E-state index contributed by atoms with van der Waals surface area (Å²) < 4.78 is 4.76. The van der Waals surface area contributed by atoms with Crippen molar-refractivity contribution in [1.29, 1.82) is 0 Å². The highest BCUT2D eigenvalue weighted by molar-refractivity contribution is 7.99. The van der Waals surface area contributed by atoms with E-state index >= 15 is 0 Å². The first-order valence-corrected chi connectivity index (χ1v) is 9.20. The van der Waals surface area contributed by atoms with E-state index in [-0.39, 0.29) is 17.8 Å². The fourth-order valence-corrected chi connectivity index (χ4v) is 3.61. The summed E-state index contributed by atoms with van der Waals surface area (Å²) in [7, 11) is 1.41. The first-order valence-electron chi connectivity index (χ1n) is 7.84. The molecule has 1 amide bonds. The van der Waals surface area contributed by atoms with Gasteiger partial charge in [0, 0.05) is 29.4 Å². The molecule has 1 fully saturated rings. The van der Waals surface area contributed by atoms with Gasteiger partial charge in [-0.25, -0.2) is 0 Å². The van der Waals surface area contributed by atoms with E-state index in [2.05, 4.69) is 0 Å². The number of carbonyl (C=O) groups is 2. The molecule has 1 heterocycles. The van der Waals surface area contributed by atoms with Crippen LogP contribution in [0.25, 0.3) is 0 Å². The molecule has 1 saturated heterocycles. The Morgan fingerprint density at radius 1 is 1.26 bits per heavy atom. The molecule has 0 bridgehead atoms. The minimum atomic E-state index is -0.156. The average molecular weight is 356 g/mol. The molecule has 126 valence electrons. The Morgan fingerprint density at radius 3 is 2.52 bits per heavy atom. The molecule has 0 radical (unpaired) electrons. The second-order valence-corrected chi connectivity index (χ2v) is 7.19. The number of amides is 1. The van der Waals surface area contributed by atoms with Crippen LogP contribution in [0.15, 0.2) is 29.2 Å². The zero-order chi connectivity index (χ0) is 16.7. The second-order valence-electron chi connectivity index (χ2n) is 5.58. The van der Waals surface area contributed by atoms with Gasteiger partial charge >= 0.3 is 5.97 Å². The maximum atomic E-state index is 12.2. The number of hydrogen-bond acceptors (Lipinski definition) is 4. The van der Waals surface area contributed by atoms with Gasteiger partial charge in [0.1, 0.15) is 0 Å². The van der Waals surface area contributed by atoms with E-state index in [0.29, 0.717) is 32.4 Å². The van der Waals surface area contributed by atoms with E-state index in [9.17, 15) is 9.59 Å². The molecule has 0 atom stereocenters. The number of thioether (sulfide) groups is 1. The fourth-order valence-electron chi connectivity index (χ4n) is 2.63. The van der Waals surface area contributed by atoms with E-state index in [1.165, 1.54) is 12.0 Å². The van der Waals surface area contributed by atoms with Gasteiger partial charge in [0.15, 0.2) is 0 Å². The molecule has 1 aromatic rings. The molecule has 0 spiro atoms. The molecule has 1 aromatic carbocycles. The molecule has 0 unspecified atom stereocenters. The normalized spacial score (nSPS) is 15.5. The first kappa shape index (κ1) is 18.1. The molecule has 1 aliphatic heterocycles. The molecule has 0 aliphatic carbocycles. The number of halogens is 1. The molecule has 0 N–H and O–H groups in total. The van der Waals surface area contributed by atoms with E-state index in [1.807, 2.05) is 29.2 Å². The van der Waals surface area contributed by atoms with Crippen LogP contribution >= 0.6 is 23.4 Å². The van der Waals surface area contributed by atoms with E-state index in [1.54, 1.807) is 11.8 Å². The van der Waals surface area contributed by atoms with Gasteiger partial charge < -0.3 is 9.64 Å². The number of nitrogens with zero attached hydrogens (tertiary/aromatic N) is 1. The summed E-state index contributed by atoms with van der Waals surface area (Å²) in [4.78, 5) is 26.7. The third kappa shape index (κ3) is 5.74. The van der Waals surface area contributed by atoms with Crippen molar-refractivity contribution >= 4 is 35.2 Å². The van der Waals surface area contributed by atoms with Crippen LogP contribution in [0.1, 0.15) is 25.7 Å². The van der Waals surface area contributed by atoms with E-state index in [4.69, 9.17) is 16.3 Å². The topological polar surface area (TPSA) is 46.6 Å². The summed E-state index contributed by atoms with van der Waals surface area (Å²) in [5.74, 6) is 0.887. The molecule has 1 aliphatic rings. The number of esters is 1. The predicted molar refractivity (Wildman–Crippen MR) is 92.7 cm³/mol. The van der Waals surface area contributed by atoms with Gasteiger partial charge in [-0.05, 0) is 49.3 Å². The number of carbonyl (C=O) groups excluding carboxylic acids is 2. The first-order chi connectivity index (χ1) is 11.1. The molecule has 0 aromatic heterocycles. The van der Waals surface area contributed by atoms with Crippen molar-refractivity contribution in [3.63, 3.8) is 0 Å². The highest BCUT2D eigenvalue weighted by Gasteiger charge is 2.27. The number of ether oxygens (including phenoxy) is 1. The van der Waals surface area contributed by atoms with Crippen LogP contribution in [0.2, 0.25) is 5.02 Å². The monoisotopic (exact) mass is 355 g/mol. The Labute approximate surface area is 146 Å². The molecular weight excluding hydrogens is 334 g/mol. The standard InChI is InChI=1S/C17H22ClNO3S/c1-22-17(21)13-8-10-19(11-9-13)16(20)3-2-12-23-15-6-4-14(18)5-7-15/h4-7,13H,2-3,8-12H2,1H3. The summed E-state index contributed by atoms with van der Waals surface area (Å²) in [6.45, 7) is 1.31. The Bertz CT molecular complexity index is 527.